The third kappa shape index (κ3) is 4.61. The summed E-state index contributed by atoms with van der Waals surface area (Å²) in [7, 11) is 0. The van der Waals surface area contributed by atoms with Gasteiger partial charge >= 0.3 is 5.69 Å². The molecular weight excluding hydrogens is 400 g/mol. The SMILES string of the molecule is O=C(CCCN1CCC(n2c(=O)n(CCF)c3ccccc32)CC1)c1ccc(F)cc1. The van der Waals surface area contributed by atoms with E-state index in [0.29, 0.717) is 12.0 Å². The average Bonchev–Trinajstić information content (AvgIpc) is 3.06. The molecule has 1 saturated heterocycles. The third-order valence-electron chi connectivity index (χ3n) is 6.14. The number of carbonyl (C=O) groups is 1. The molecule has 0 amide bonds. The maximum atomic E-state index is 13.0. The Morgan fingerprint density at radius 2 is 1.65 bits per heavy atom. The molecule has 0 bridgehead atoms. The Morgan fingerprint density at radius 3 is 2.32 bits per heavy atom. The molecule has 4 rings (SSSR count). The van der Waals surface area contributed by atoms with E-state index in [1.54, 1.807) is 0 Å². The van der Waals surface area contributed by atoms with Gasteiger partial charge in [-0.3, -0.25) is 13.9 Å². The average molecular weight is 427 g/mol. The fraction of sp³-hybridized carbons (Fsp3) is 0.417. The molecule has 0 saturated carbocycles. The molecule has 31 heavy (non-hydrogen) atoms. The van der Waals surface area contributed by atoms with Crippen LogP contribution in [0.2, 0.25) is 0 Å². The number of nitrogens with zero attached hydrogens (tertiary/aromatic N) is 3. The zero-order valence-corrected chi connectivity index (χ0v) is 17.5. The molecule has 0 N–H and O–H groups in total. The van der Waals surface area contributed by atoms with Gasteiger partial charge in [-0.05, 0) is 62.2 Å². The summed E-state index contributed by atoms with van der Waals surface area (Å²) in [4.78, 5) is 27.5. The van der Waals surface area contributed by atoms with Crippen LogP contribution in [0.15, 0.2) is 53.3 Å². The lowest BCUT2D eigenvalue weighted by Gasteiger charge is -2.32. The minimum Gasteiger partial charge on any atom is -0.303 e. The number of para-hydroxylation sites is 2. The van der Waals surface area contributed by atoms with Crippen LogP contribution in [0, 0.1) is 5.82 Å². The minimum atomic E-state index is -0.566. The second-order valence-electron chi connectivity index (χ2n) is 8.09. The first-order valence-electron chi connectivity index (χ1n) is 10.9. The van der Waals surface area contributed by atoms with Gasteiger partial charge in [-0.1, -0.05) is 12.1 Å². The maximum Gasteiger partial charge on any atom is 0.329 e. The second-order valence-corrected chi connectivity index (χ2v) is 8.09. The van der Waals surface area contributed by atoms with Crippen molar-refractivity contribution < 1.29 is 13.6 Å². The molecule has 0 spiro atoms. The highest BCUT2D eigenvalue weighted by Gasteiger charge is 2.25. The number of Topliss-reactive ketones (excluding diaryl/α,β-unsaturated/α-hetero) is 1. The largest absolute Gasteiger partial charge is 0.329 e. The Labute approximate surface area is 179 Å². The first-order valence-corrected chi connectivity index (χ1v) is 10.9. The van der Waals surface area contributed by atoms with Crippen LogP contribution < -0.4 is 5.69 Å². The van der Waals surface area contributed by atoms with E-state index in [9.17, 15) is 18.4 Å². The second kappa shape index (κ2) is 9.56. The zero-order valence-electron chi connectivity index (χ0n) is 17.5. The molecule has 1 aliphatic heterocycles. The Morgan fingerprint density at radius 1 is 0.968 bits per heavy atom. The molecule has 1 fully saturated rings. The summed E-state index contributed by atoms with van der Waals surface area (Å²) < 4.78 is 29.3. The summed E-state index contributed by atoms with van der Waals surface area (Å²) in [5, 5.41) is 0. The first kappa shape index (κ1) is 21.4. The van der Waals surface area contributed by atoms with Crippen LogP contribution >= 0.6 is 0 Å². The fourth-order valence-corrected chi connectivity index (χ4v) is 4.53. The van der Waals surface area contributed by atoms with E-state index in [2.05, 4.69) is 4.90 Å². The van der Waals surface area contributed by atoms with Gasteiger partial charge in [0.1, 0.15) is 12.5 Å². The molecule has 0 aliphatic carbocycles. The summed E-state index contributed by atoms with van der Waals surface area (Å²) in [5.41, 5.74) is 2.06. The van der Waals surface area contributed by atoms with E-state index in [1.165, 1.54) is 28.8 Å². The Kier molecular flexibility index (Phi) is 6.61. The molecule has 0 unspecified atom stereocenters. The number of alkyl halides is 1. The number of rotatable bonds is 8. The quantitative estimate of drug-likeness (QED) is 0.506. The van der Waals surface area contributed by atoms with Crippen molar-refractivity contribution in [3.63, 3.8) is 0 Å². The molecular formula is C24H27F2N3O2. The first-order chi connectivity index (χ1) is 15.1. The highest BCUT2D eigenvalue weighted by atomic mass is 19.1. The fourth-order valence-electron chi connectivity index (χ4n) is 4.53. The number of benzene rings is 2. The highest BCUT2D eigenvalue weighted by Crippen LogP contribution is 2.26. The molecule has 3 aromatic rings. The lowest BCUT2D eigenvalue weighted by atomic mass is 10.0. The number of ketones is 1. The van der Waals surface area contributed by atoms with Crippen LogP contribution in [0.3, 0.4) is 0 Å². The number of fused-ring (bicyclic) bond motifs is 1. The van der Waals surface area contributed by atoms with E-state index in [1.807, 2.05) is 28.8 Å². The van der Waals surface area contributed by atoms with Gasteiger partial charge in [0.05, 0.1) is 17.6 Å². The minimum absolute atomic E-state index is 0.0297. The Balaban J connectivity index is 1.34. The smallest absolute Gasteiger partial charge is 0.303 e. The van der Waals surface area contributed by atoms with Gasteiger partial charge in [-0.25, -0.2) is 13.6 Å². The van der Waals surface area contributed by atoms with E-state index in [4.69, 9.17) is 0 Å². The number of carbonyl (C=O) groups excluding carboxylic acids is 1. The lowest BCUT2D eigenvalue weighted by molar-refractivity contribution is 0.0970. The van der Waals surface area contributed by atoms with E-state index < -0.39 is 6.67 Å². The molecule has 5 nitrogen and oxygen atoms in total. The van der Waals surface area contributed by atoms with Gasteiger partial charge < -0.3 is 4.90 Å². The molecule has 164 valence electrons. The van der Waals surface area contributed by atoms with E-state index in [-0.39, 0.29) is 29.9 Å². The number of halogens is 2. The van der Waals surface area contributed by atoms with Gasteiger partial charge in [0.15, 0.2) is 5.78 Å². The van der Waals surface area contributed by atoms with Crippen LogP contribution in [0.5, 0.6) is 0 Å². The van der Waals surface area contributed by atoms with Crippen molar-refractivity contribution in [2.45, 2.75) is 38.3 Å². The van der Waals surface area contributed by atoms with Crippen LogP contribution in [-0.2, 0) is 6.54 Å². The molecule has 0 atom stereocenters. The summed E-state index contributed by atoms with van der Waals surface area (Å²) >= 11 is 0. The molecule has 2 aromatic carbocycles. The molecule has 0 radical (unpaired) electrons. The Hall–Kier alpha value is -2.80. The van der Waals surface area contributed by atoms with Crippen LogP contribution in [0.1, 0.15) is 42.1 Å². The number of likely N-dealkylation sites (tertiary alicyclic amines) is 1. The van der Waals surface area contributed by atoms with Gasteiger partial charge in [-0.2, -0.15) is 0 Å². The van der Waals surface area contributed by atoms with Crippen molar-refractivity contribution in [3.05, 3.63) is 70.4 Å². The van der Waals surface area contributed by atoms with Crippen LogP contribution in [-0.4, -0.2) is 46.1 Å². The van der Waals surface area contributed by atoms with Gasteiger partial charge in [0, 0.05) is 31.1 Å². The number of hydrogen-bond donors (Lipinski definition) is 0. The molecule has 2 heterocycles. The van der Waals surface area contributed by atoms with Crippen molar-refractivity contribution in [1.82, 2.24) is 14.0 Å². The molecule has 1 aliphatic rings. The number of aryl methyl sites for hydroxylation is 1. The number of piperidine rings is 1. The summed E-state index contributed by atoms with van der Waals surface area (Å²) in [6.07, 6.45) is 2.86. The van der Waals surface area contributed by atoms with Crippen molar-refractivity contribution >= 4 is 16.8 Å². The standard InChI is InChI=1S/C24H27F2N3O2/c25-13-17-28-21-4-1-2-5-22(21)29(24(28)31)20-11-15-27(16-12-20)14-3-6-23(30)18-7-9-19(26)10-8-18/h1-2,4-5,7-10,20H,3,6,11-17H2. The van der Waals surface area contributed by atoms with Crippen LogP contribution in [0.25, 0.3) is 11.0 Å². The topological polar surface area (TPSA) is 47.2 Å². The number of imidazole rings is 1. The number of aromatic nitrogens is 2. The van der Waals surface area contributed by atoms with E-state index in [0.717, 1.165) is 49.9 Å². The number of hydrogen-bond acceptors (Lipinski definition) is 3. The molecule has 1 aromatic heterocycles. The predicted molar refractivity (Wildman–Crippen MR) is 117 cm³/mol. The van der Waals surface area contributed by atoms with Crippen LogP contribution in [0.4, 0.5) is 8.78 Å². The Bertz CT molecular complexity index is 1100. The predicted octanol–water partition coefficient (Wildman–Crippen LogP) is 4.21. The van der Waals surface area contributed by atoms with Crippen molar-refractivity contribution in [1.29, 1.82) is 0 Å². The third-order valence-corrected chi connectivity index (χ3v) is 6.14. The van der Waals surface area contributed by atoms with Gasteiger partial charge in [0.25, 0.3) is 0 Å². The summed E-state index contributed by atoms with van der Waals surface area (Å²) in [6, 6.07) is 13.3. The lowest BCUT2D eigenvalue weighted by Crippen LogP contribution is -2.38. The normalized spacial score (nSPS) is 15.5. The molecule has 7 heteroatoms. The summed E-state index contributed by atoms with van der Waals surface area (Å²) in [5.74, 6) is -0.312. The highest BCUT2D eigenvalue weighted by molar-refractivity contribution is 5.95. The van der Waals surface area contributed by atoms with Crippen molar-refractivity contribution in [2.24, 2.45) is 0 Å². The zero-order chi connectivity index (χ0) is 21.8. The van der Waals surface area contributed by atoms with Crippen molar-refractivity contribution in [3.8, 4) is 0 Å². The van der Waals surface area contributed by atoms with E-state index >= 15 is 0 Å². The monoisotopic (exact) mass is 427 g/mol. The van der Waals surface area contributed by atoms with Gasteiger partial charge in [-0.15, -0.1) is 0 Å². The van der Waals surface area contributed by atoms with Crippen molar-refractivity contribution in [2.75, 3.05) is 26.3 Å². The van der Waals surface area contributed by atoms with Gasteiger partial charge in [0.2, 0.25) is 0 Å². The summed E-state index contributed by atoms with van der Waals surface area (Å²) in [6.45, 7) is 2.03. The maximum absolute atomic E-state index is 13.0.